The molecular formula is C15H17N3O2. The SMILES string of the molecule is Cc1ccc(Cn2nnc(C(=O)O)c2C2CCC2)cc1. The summed E-state index contributed by atoms with van der Waals surface area (Å²) in [5.41, 5.74) is 3.21. The molecule has 5 heteroatoms. The van der Waals surface area contributed by atoms with E-state index in [-0.39, 0.29) is 5.69 Å². The fourth-order valence-corrected chi connectivity index (χ4v) is 2.54. The molecule has 0 amide bonds. The normalized spacial score (nSPS) is 15.1. The number of carbonyl (C=O) groups is 1. The molecule has 0 atom stereocenters. The van der Waals surface area contributed by atoms with Gasteiger partial charge in [0.15, 0.2) is 5.69 Å². The van der Waals surface area contributed by atoms with Crippen molar-refractivity contribution in [2.45, 2.75) is 38.6 Å². The van der Waals surface area contributed by atoms with Crippen LogP contribution in [0.1, 0.15) is 52.5 Å². The van der Waals surface area contributed by atoms with Crippen molar-refractivity contribution >= 4 is 5.97 Å². The molecule has 20 heavy (non-hydrogen) atoms. The monoisotopic (exact) mass is 271 g/mol. The van der Waals surface area contributed by atoms with Gasteiger partial charge in [0, 0.05) is 5.92 Å². The van der Waals surface area contributed by atoms with E-state index in [2.05, 4.69) is 10.3 Å². The van der Waals surface area contributed by atoms with E-state index in [4.69, 9.17) is 0 Å². The first kappa shape index (κ1) is 12.8. The largest absolute Gasteiger partial charge is 0.476 e. The molecule has 0 bridgehead atoms. The predicted molar refractivity (Wildman–Crippen MR) is 73.9 cm³/mol. The van der Waals surface area contributed by atoms with Crippen molar-refractivity contribution in [1.82, 2.24) is 15.0 Å². The Hall–Kier alpha value is -2.17. The van der Waals surface area contributed by atoms with E-state index in [9.17, 15) is 9.90 Å². The minimum atomic E-state index is -0.984. The lowest BCUT2D eigenvalue weighted by molar-refractivity contribution is 0.0687. The fraction of sp³-hybridized carbons (Fsp3) is 0.400. The van der Waals surface area contributed by atoms with E-state index < -0.39 is 5.97 Å². The Bertz CT molecular complexity index is 627. The average molecular weight is 271 g/mol. The molecule has 2 aromatic rings. The van der Waals surface area contributed by atoms with Crippen LogP contribution in [0.5, 0.6) is 0 Å². The highest BCUT2D eigenvalue weighted by atomic mass is 16.4. The molecule has 104 valence electrons. The third kappa shape index (κ3) is 2.31. The molecular weight excluding hydrogens is 254 g/mol. The minimum absolute atomic E-state index is 0.113. The molecule has 1 N–H and O–H groups in total. The molecule has 3 rings (SSSR count). The van der Waals surface area contributed by atoms with Crippen LogP contribution < -0.4 is 0 Å². The third-order valence-corrected chi connectivity index (χ3v) is 3.92. The van der Waals surface area contributed by atoms with Crippen molar-refractivity contribution in [2.75, 3.05) is 0 Å². The first-order chi connectivity index (χ1) is 9.65. The molecule has 1 aromatic heterocycles. The van der Waals surface area contributed by atoms with Gasteiger partial charge in [0.25, 0.3) is 0 Å². The first-order valence-electron chi connectivity index (χ1n) is 6.87. The number of carboxylic acid groups (broad SMARTS) is 1. The zero-order valence-electron chi connectivity index (χ0n) is 11.4. The van der Waals surface area contributed by atoms with Gasteiger partial charge in [-0.2, -0.15) is 0 Å². The maximum Gasteiger partial charge on any atom is 0.358 e. The molecule has 0 unspecified atom stereocenters. The van der Waals surface area contributed by atoms with Crippen LogP contribution in [0.3, 0.4) is 0 Å². The maximum atomic E-state index is 11.3. The minimum Gasteiger partial charge on any atom is -0.476 e. The number of aryl methyl sites for hydroxylation is 1. The number of hydrogen-bond donors (Lipinski definition) is 1. The van der Waals surface area contributed by atoms with Crippen LogP contribution in [0.25, 0.3) is 0 Å². The summed E-state index contributed by atoms with van der Waals surface area (Å²) in [5.74, 6) is -0.691. The summed E-state index contributed by atoms with van der Waals surface area (Å²) in [4.78, 5) is 11.3. The molecule has 0 saturated heterocycles. The number of aromatic nitrogens is 3. The average Bonchev–Trinajstić information content (AvgIpc) is 2.74. The van der Waals surface area contributed by atoms with Crippen LogP contribution in [0, 0.1) is 6.92 Å². The molecule has 1 aromatic carbocycles. The van der Waals surface area contributed by atoms with Gasteiger partial charge < -0.3 is 5.11 Å². The van der Waals surface area contributed by atoms with Gasteiger partial charge in [-0.05, 0) is 25.3 Å². The highest BCUT2D eigenvalue weighted by Crippen LogP contribution is 2.37. The number of hydrogen-bond acceptors (Lipinski definition) is 3. The quantitative estimate of drug-likeness (QED) is 0.928. The molecule has 1 aliphatic carbocycles. The summed E-state index contributed by atoms with van der Waals surface area (Å²) in [6.07, 6.45) is 3.21. The van der Waals surface area contributed by atoms with E-state index in [0.29, 0.717) is 12.5 Å². The van der Waals surface area contributed by atoms with E-state index in [1.54, 1.807) is 4.68 Å². The second-order valence-electron chi connectivity index (χ2n) is 5.40. The number of nitrogens with zero attached hydrogens (tertiary/aromatic N) is 3. The smallest absolute Gasteiger partial charge is 0.358 e. The molecule has 1 aliphatic rings. The maximum absolute atomic E-state index is 11.3. The molecule has 1 saturated carbocycles. The summed E-state index contributed by atoms with van der Waals surface area (Å²) in [5, 5.41) is 17.1. The molecule has 1 heterocycles. The van der Waals surface area contributed by atoms with E-state index >= 15 is 0 Å². The topological polar surface area (TPSA) is 68.0 Å². The predicted octanol–water partition coefficient (Wildman–Crippen LogP) is 2.60. The Labute approximate surface area is 117 Å². The van der Waals surface area contributed by atoms with Gasteiger partial charge in [0.05, 0.1) is 12.2 Å². The summed E-state index contributed by atoms with van der Waals surface area (Å²) >= 11 is 0. The van der Waals surface area contributed by atoms with Crippen molar-refractivity contribution in [3.8, 4) is 0 Å². The number of carboxylic acids is 1. The molecule has 5 nitrogen and oxygen atoms in total. The van der Waals surface area contributed by atoms with Crippen LogP contribution in [-0.2, 0) is 6.54 Å². The first-order valence-corrected chi connectivity index (χ1v) is 6.87. The lowest BCUT2D eigenvalue weighted by Gasteiger charge is -2.26. The van der Waals surface area contributed by atoms with Gasteiger partial charge in [-0.3, -0.25) is 0 Å². The third-order valence-electron chi connectivity index (χ3n) is 3.92. The van der Waals surface area contributed by atoms with Crippen molar-refractivity contribution in [3.05, 3.63) is 46.8 Å². The van der Waals surface area contributed by atoms with Gasteiger partial charge in [-0.25, -0.2) is 9.48 Å². The zero-order chi connectivity index (χ0) is 14.1. The zero-order valence-corrected chi connectivity index (χ0v) is 11.4. The summed E-state index contributed by atoms with van der Waals surface area (Å²) in [6.45, 7) is 2.62. The van der Waals surface area contributed by atoms with Gasteiger partial charge in [0.1, 0.15) is 0 Å². The Morgan fingerprint density at radius 3 is 2.60 bits per heavy atom. The second kappa shape index (κ2) is 5.07. The number of rotatable bonds is 4. The summed E-state index contributed by atoms with van der Waals surface area (Å²) in [6, 6.07) is 8.19. The van der Waals surface area contributed by atoms with Crippen LogP contribution >= 0.6 is 0 Å². The van der Waals surface area contributed by atoms with Crippen molar-refractivity contribution in [1.29, 1.82) is 0 Å². The molecule has 0 aliphatic heterocycles. The Morgan fingerprint density at radius 2 is 2.05 bits per heavy atom. The molecule has 0 radical (unpaired) electrons. The van der Waals surface area contributed by atoms with Crippen molar-refractivity contribution in [2.24, 2.45) is 0 Å². The van der Waals surface area contributed by atoms with Gasteiger partial charge >= 0.3 is 5.97 Å². The van der Waals surface area contributed by atoms with Crippen LogP contribution in [0.2, 0.25) is 0 Å². The highest BCUT2D eigenvalue weighted by Gasteiger charge is 2.30. The highest BCUT2D eigenvalue weighted by molar-refractivity contribution is 5.86. The van der Waals surface area contributed by atoms with E-state index in [1.807, 2.05) is 31.2 Å². The van der Waals surface area contributed by atoms with Crippen LogP contribution in [-0.4, -0.2) is 26.1 Å². The van der Waals surface area contributed by atoms with Gasteiger partial charge in [-0.1, -0.05) is 41.5 Å². The van der Waals surface area contributed by atoms with E-state index in [0.717, 1.165) is 30.5 Å². The lowest BCUT2D eigenvalue weighted by Crippen LogP contribution is -2.18. The van der Waals surface area contributed by atoms with Gasteiger partial charge in [-0.15, -0.1) is 5.10 Å². The van der Waals surface area contributed by atoms with Crippen molar-refractivity contribution in [3.63, 3.8) is 0 Å². The summed E-state index contributed by atoms with van der Waals surface area (Å²) < 4.78 is 1.75. The van der Waals surface area contributed by atoms with Crippen LogP contribution in [0.15, 0.2) is 24.3 Å². The van der Waals surface area contributed by atoms with Crippen molar-refractivity contribution < 1.29 is 9.90 Å². The standard InChI is InChI=1S/C15H17N3O2/c1-10-5-7-11(8-6-10)9-18-14(12-3-2-4-12)13(15(19)20)16-17-18/h5-8,12H,2-4,9H2,1H3,(H,19,20). The molecule has 1 fully saturated rings. The number of aromatic carboxylic acids is 1. The van der Waals surface area contributed by atoms with Gasteiger partial charge in [0.2, 0.25) is 0 Å². The lowest BCUT2D eigenvalue weighted by atomic mass is 9.82. The van der Waals surface area contributed by atoms with E-state index in [1.165, 1.54) is 5.56 Å². The number of benzene rings is 1. The van der Waals surface area contributed by atoms with Crippen LogP contribution in [0.4, 0.5) is 0 Å². The Balaban J connectivity index is 1.92. The second-order valence-corrected chi connectivity index (χ2v) is 5.40. The summed E-state index contributed by atoms with van der Waals surface area (Å²) in [7, 11) is 0. The fourth-order valence-electron chi connectivity index (χ4n) is 2.54. The Morgan fingerprint density at radius 1 is 1.35 bits per heavy atom. The Kier molecular flexibility index (Phi) is 3.26. The molecule has 0 spiro atoms.